The molecule has 2 aromatic rings. The smallest absolute Gasteiger partial charge is 0.271 e. The van der Waals surface area contributed by atoms with Crippen molar-refractivity contribution < 1.29 is 19.2 Å². The minimum absolute atomic E-state index is 0.0920. The number of nitro benzene ring substituents is 1. The van der Waals surface area contributed by atoms with Crippen molar-refractivity contribution in [2.24, 2.45) is 0 Å². The number of methoxy groups -OCH3 is 2. The van der Waals surface area contributed by atoms with Gasteiger partial charge in [0.2, 0.25) is 5.91 Å². The van der Waals surface area contributed by atoms with Crippen LogP contribution in [0.1, 0.15) is 5.56 Å². The first-order valence-electron chi connectivity index (χ1n) is 7.09. The molecule has 0 spiro atoms. The average molecular weight is 407 g/mol. The molecule has 0 aliphatic rings. The molecule has 0 fully saturated rings. The predicted molar refractivity (Wildman–Crippen MR) is 98.0 cm³/mol. The van der Waals surface area contributed by atoms with Crippen molar-refractivity contribution in [3.05, 3.63) is 62.6 Å². The summed E-state index contributed by atoms with van der Waals surface area (Å²) >= 11 is 3.38. The van der Waals surface area contributed by atoms with Crippen LogP contribution in [0.2, 0.25) is 0 Å². The molecule has 0 bridgehead atoms. The number of benzene rings is 2. The quantitative estimate of drug-likeness (QED) is 0.444. The molecule has 0 radical (unpaired) electrons. The highest BCUT2D eigenvalue weighted by atomic mass is 79.9. The molecule has 0 heterocycles. The van der Waals surface area contributed by atoms with E-state index < -0.39 is 10.8 Å². The van der Waals surface area contributed by atoms with E-state index >= 15 is 0 Å². The lowest BCUT2D eigenvalue weighted by Gasteiger charge is -2.10. The number of nitro groups is 1. The first-order chi connectivity index (χ1) is 11.9. The number of nitrogens with one attached hydrogen (secondary N) is 1. The van der Waals surface area contributed by atoms with Gasteiger partial charge in [-0.3, -0.25) is 14.9 Å². The number of rotatable bonds is 6. The Morgan fingerprint density at radius 2 is 2.00 bits per heavy atom. The Balaban J connectivity index is 2.14. The molecule has 7 nitrogen and oxygen atoms in total. The van der Waals surface area contributed by atoms with Gasteiger partial charge in [-0.2, -0.15) is 0 Å². The number of carbonyl (C=O) groups is 1. The largest absolute Gasteiger partial charge is 0.493 e. The van der Waals surface area contributed by atoms with Crippen molar-refractivity contribution in [2.75, 3.05) is 19.5 Å². The van der Waals surface area contributed by atoms with Gasteiger partial charge in [0.25, 0.3) is 5.69 Å². The Bertz CT molecular complexity index is 836. The number of non-ortho nitro benzene ring substituents is 1. The van der Waals surface area contributed by atoms with Gasteiger partial charge in [-0.25, -0.2) is 0 Å². The highest BCUT2D eigenvalue weighted by Gasteiger charge is 2.10. The van der Waals surface area contributed by atoms with Gasteiger partial charge >= 0.3 is 0 Å². The van der Waals surface area contributed by atoms with Crippen LogP contribution in [0.25, 0.3) is 6.08 Å². The van der Waals surface area contributed by atoms with Crippen molar-refractivity contribution in [1.82, 2.24) is 0 Å². The maximum Gasteiger partial charge on any atom is 0.271 e. The number of ether oxygens (including phenoxy) is 2. The molecular formula is C17H15BrN2O5. The first kappa shape index (κ1) is 18.5. The molecule has 0 aliphatic heterocycles. The van der Waals surface area contributed by atoms with Gasteiger partial charge in [-0.05, 0) is 45.8 Å². The fourth-order valence-corrected chi connectivity index (χ4v) is 2.71. The second-order valence-corrected chi connectivity index (χ2v) is 5.72. The van der Waals surface area contributed by atoms with Crippen LogP contribution < -0.4 is 14.8 Å². The van der Waals surface area contributed by atoms with E-state index in [1.165, 1.54) is 38.5 Å². The number of halogens is 1. The average Bonchev–Trinajstić information content (AvgIpc) is 2.59. The van der Waals surface area contributed by atoms with Crippen LogP contribution in [0.4, 0.5) is 11.4 Å². The van der Waals surface area contributed by atoms with Gasteiger partial charge in [0, 0.05) is 23.9 Å². The van der Waals surface area contributed by atoms with E-state index in [1.54, 1.807) is 24.3 Å². The molecular weight excluding hydrogens is 392 g/mol. The summed E-state index contributed by atoms with van der Waals surface area (Å²) in [6, 6.07) is 9.22. The van der Waals surface area contributed by atoms with Crippen LogP contribution in [0.5, 0.6) is 11.5 Å². The zero-order chi connectivity index (χ0) is 18.4. The number of carbonyl (C=O) groups excluding carboxylic acids is 1. The minimum Gasteiger partial charge on any atom is -0.493 e. The Kier molecular flexibility index (Phi) is 6.13. The summed E-state index contributed by atoms with van der Waals surface area (Å²) in [7, 11) is 3.05. The van der Waals surface area contributed by atoms with E-state index in [2.05, 4.69) is 21.2 Å². The molecule has 0 unspecified atom stereocenters. The SMILES string of the molecule is COc1cc(C=CC(=O)Nc2cccc([N+](=O)[O-])c2)cc(Br)c1OC. The Labute approximate surface area is 152 Å². The molecule has 2 rings (SSSR count). The summed E-state index contributed by atoms with van der Waals surface area (Å²) in [6.45, 7) is 0. The van der Waals surface area contributed by atoms with Crippen LogP contribution in [-0.2, 0) is 4.79 Å². The van der Waals surface area contributed by atoms with Crippen LogP contribution in [-0.4, -0.2) is 25.1 Å². The van der Waals surface area contributed by atoms with Gasteiger partial charge in [0.15, 0.2) is 11.5 Å². The highest BCUT2D eigenvalue weighted by molar-refractivity contribution is 9.10. The van der Waals surface area contributed by atoms with Crippen LogP contribution in [0, 0.1) is 10.1 Å². The first-order valence-corrected chi connectivity index (χ1v) is 7.89. The molecule has 0 saturated carbocycles. The standard InChI is InChI=1S/C17H15BrN2O5/c1-24-15-9-11(8-14(18)17(15)25-2)6-7-16(21)19-12-4-3-5-13(10-12)20(22)23/h3-10H,1-2H3,(H,19,21). The molecule has 0 aliphatic carbocycles. The van der Waals surface area contributed by atoms with Crippen molar-refractivity contribution >= 4 is 39.3 Å². The summed E-state index contributed by atoms with van der Waals surface area (Å²) in [5, 5.41) is 13.3. The third kappa shape index (κ3) is 4.80. The molecule has 2 aromatic carbocycles. The van der Waals surface area contributed by atoms with Crippen LogP contribution in [0.3, 0.4) is 0 Å². The number of amides is 1. The summed E-state index contributed by atoms with van der Waals surface area (Å²) in [5.74, 6) is 0.669. The van der Waals surface area contributed by atoms with Gasteiger partial charge in [-0.1, -0.05) is 6.07 Å². The van der Waals surface area contributed by atoms with Gasteiger partial charge < -0.3 is 14.8 Å². The van der Waals surface area contributed by atoms with E-state index in [-0.39, 0.29) is 5.69 Å². The Morgan fingerprint density at radius 3 is 2.64 bits per heavy atom. The van der Waals surface area contributed by atoms with Crippen molar-refractivity contribution in [1.29, 1.82) is 0 Å². The van der Waals surface area contributed by atoms with Crippen LogP contribution in [0.15, 0.2) is 46.9 Å². The summed E-state index contributed by atoms with van der Waals surface area (Å²) in [5.41, 5.74) is 0.974. The lowest BCUT2D eigenvalue weighted by Crippen LogP contribution is -2.07. The number of hydrogen-bond donors (Lipinski definition) is 1. The summed E-state index contributed by atoms with van der Waals surface area (Å²) in [6.07, 6.45) is 2.92. The van der Waals surface area contributed by atoms with E-state index in [9.17, 15) is 14.9 Å². The molecule has 1 N–H and O–H groups in total. The molecule has 8 heteroatoms. The van der Waals surface area contributed by atoms with E-state index in [4.69, 9.17) is 9.47 Å². The van der Waals surface area contributed by atoms with Gasteiger partial charge in [0.1, 0.15) is 0 Å². The number of hydrogen-bond acceptors (Lipinski definition) is 5. The van der Waals surface area contributed by atoms with Crippen molar-refractivity contribution in [2.45, 2.75) is 0 Å². The summed E-state index contributed by atoms with van der Waals surface area (Å²) in [4.78, 5) is 22.2. The van der Waals surface area contributed by atoms with Crippen molar-refractivity contribution in [3.63, 3.8) is 0 Å². The monoisotopic (exact) mass is 406 g/mol. The maximum absolute atomic E-state index is 12.0. The fourth-order valence-electron chi connectivity index (χ4n) is 2.09. The predicted octanol–water partition coefficient (Wildman–Crippen LogP) is 4.03. The Morgan fingerprint density at radius 1 is 1.24 bits per heavy atom. The molecule has 130 valence electrons. The highest BCUT2D eigenvalue weighted by Crippen LogP contribution is 2.36. The maximum atomic E-state index is 12.0. The topological polar surface area (TPSA) is 90.7 Å². The van der Waals surface area contributed by atoms with Crippen LogP contribution >= 0.6 is 15.9 Å². The second kappa shape index (κ2) is 8.29. The lowest BCUT2D eigenvalue weighted by atomic mass is 10.2. The van der Waals surface area contributed by atoms with Crippen molar-refractivity contribution in [3.8, 4) is 11.5 Å². The Hall–Kier alpha value is -2.87. The second-order valence-electron chi connectivity index (χ2n) is 4.87. The molecule has 0 aromatic heterocycles. The lowest BCUT2D eigenvalue weighted by molar-refractivity contribution is -0.384. The fraction of sp³-hybridized carbons (Fsp3) is 0.118. The summed E-state index contributed by atoms with van der Waals surface area (Å²) < 4.78 is 11.2. The van der Waals surface area contributed by atoms with Gasteiger partial charge in [0.05, 0.1) is 23.6 Å². The normalized spacial score (nSPS) is 10.5. The number of nitrogens with zero attached hydrogens (tertiary/aromatic N) is 1. The molecule has 0 atom stereocenters. The number of anilines is 1. The van der Waals surface area contributed by atoms with E-state index in [0.29, 0.717) is 21.7 Å². The molecule has 0 saturated heterocycles. The molecule has 25 heavy (non-hydrogen) atoms. The zero-order valence-electron chi connectivity index (χ0n) is 13.5. The van der Waals surface area contributed by atoms with E-state index in [1.807, 2.05) is 0 Å². The third-order valence-corrected chi connectivity index (χ3v) is 3.80. The van der Waals surface area contributed by atoms with E-state index in [0.717, 1.165) is 5.56 Å². The third-order valence-electron chi connectivity index (χ3n) is 3.21. The molecule has 1 amide bonds. The minimum atomic E-state index is -0.521. The zero-order valence-corrected chi connectivity index (χ0v) is 15.1. The van der Waals surface area contributed by atoms with Gasteiger partial charge in [-0.15, -0.1) is 0 Å².